The van der Waals surface area contributed by atoms with E-state index in [1.165, 1.54) is 11.1 Å². The molecule has 1 saturated heterocycles. The van der Waals surface area contributed by atoms with Crippen molar-refractivity contribution < 1.29 is 9.84 Å². The van der Waals surface area contributed by atoms with Gasteiger partial charge in [-0.2, -0.15) is 0 Å². The van der Waals surface area contributed by atoms with Gasteiger partial charge in [0, 0.05) is 13.1 Å². The van der Waals surface area contributed by atoms with Crippen LogP contribution < -0.4 is 4.74 Å². The highest BCUT2D eigenvalue weighted by Gasteiger charge is 2.27. The van der Waals surface area contributed by atoms with Gasteiger partial charge in [0.05, 0.1) is 12.2 Å². The first-order chi connectivity index (χ1) is 9.44. The molecule has 2 rings (SSSR count). The van der Waals surface area contributed by atoms with Crippen molar-refractivity contribution in [3.05, 3.63) is 29.3 Å². The van der Waals surface area contributed by atoms with Gasteiger partial charge < -0.3 is 14.7 Å². The van der Waals surface area contributed by atoms with E-state index in [2.05, 4.69) is 36.9 Å². The standard InChI is InChI=1S/C17H27NO2/c1-14-10-15(2)12-16(11-14)20-9-5-8-18-7-4-6-17(3,19)13-18/h10-12,19H,4-9,13H2,1-3H3. The number of aliphatic hydroxyl groups is 1. The third-order valence-corrected chi connectivity index (χ3v) is 3.84. The summed E-state index contributed by atoms with van der Waals surface area (Å²) < 4.78 is 5.82. The van der Waals surface area contributed by atoms with Gasteiger partial charge in [-0.3, -0.25) is 0 Å². The van der Waals surface area contributed by atoms with Crippen LogP contribution in [0.1, 0.15) is 37.3 Å². The van der Waals surface area contributed by atoms with E-state index in [1.54, 1.807) is 0 Å². The van der Waals surface area contributed by atoms with Gasteiger partial charge in [0.25, 0.3) is 0 Å². The lowest BCUT2D eigenvalue weighted by molar-refractivity contribution is -0.0165. The summed E-state index contributed by atoms with van der Waals surface area (Å²) >= 11 is 0. The Morgan fingerprint density at radius 3 is 2.60 bits per heavy atom. The molecule has 3 nitrogen and oxygen atoms in total. The molecule has 1 N–H and O–H groups in total. The molecular formula is C17H27NO2. The first-order valence-electron chi connectivity index (χ1n) is 7.60. The maximum atomic E-state index is 10.1. The quantitative estimate of drug-likeness (QED) is 0.840. The van der Waals surface area contributed by atoms with Crippen LogP contribution >= 0.6 is 0 Å². The number of piperidine rings is 1. The minimum absolute atomic E-state index is 0.507. The lowest BCUT2D eigenvalue weighted by Gasteiger charge is -2.36. The topological polar surface area (TPSA) is 32.7 Å². The first kappa shape index (κ1) is 15.3. The third-order valence-electron chi connectivity index (χ3n) is 3.84. The molecule has 0 bridgehead atoms. The van der Waals surface area contributed by atoms with E-state index in [0.29, 0.717) is 0 Å². The second-order valence-electron chi connectivity index (χ2n) is 6.40. The predicted octanol–water partition coefficient (Wildman–Crippen LogP) is 2.92. The van der Waals surface area contributed by atoms with Gasteiger partial charge in [-0.25, -0.2) is 0 Å². The second-order valence-corrected chi connectivity index (χ2v) is 6.40. The van der Waals surface area contributed by atoms with Gasteiger partial charge in [0.1, 0.15) is 5.75 Å². The van der Waals surface area contributed by atoms with Gasteiger partial charge in [-0.05, 0) is 69.8 Å². The summed E-state index contributed by atoms with van der Waals surface area (Å²) in [6, 6.07) is 6.32. The molecule has 0 aromatic heterocycles. The predicted molar refractivity (Wildman–Crippen MR) is 82.3 cm³/mol. The maximum Gasteiger partial charge on any atom is 0.119 e. The summed E-state index contributed by atoms with van der Waals surface area (Å²) in [5, 5.41) is 10.1. The van der Waals surface area contributed by atoms with Gasteiger partial charge in [-0.1, -0.05) is 6.07 Å². The Morgan fingerprint density at radius 2 is 1.95 bits per heavy atom. The molecule has 0 saturated carbocycles. The molecule has 1 unspecified atom stereocenters. The van der Waals surface area contributed by atoms with Crippen LogP contribution in [0, 0.1) is 13.8 Å². The summed E-state index contributed by atoms with van der Waals surface area (Å²) in [4.78, 5) is 2.34. The molecule has 1 heterocycles. The monoisotopic (exact) mass is 277 g/mol. The van der Waals surface area contributed by atoms with Gasteiger partial charge in [-0.15, -0.1) is 0 Å². The normalized spacial score (nSPS) is 23.8. The molecule has 0 spiro atoms. The van der Waals surface area contributed by atoms with E-state index in [1.807, 2.05) is 6.92 Å². The highest BCUT2D eigenvalue weighted by atomic mass is 16.5. The zero-order valence-corrected chi connectivity index (χ0v) is 13.0. The number of nitrogens with zero attached hydrogens (tertiary/aromatic N) is 1. The van der Waals surface area contributed by atoms with Gasteiger partial charge >= 0.3 is 0 Å². The Hall–Kier alpha value is -1.06. The van der Waals surface area contributed by atoms with Crippen molar-refractivity contribution in [2.45, 2.75) is 45.6 Å². The Morgan fingerprint density at radius 1 is 1.25 bits per heavy atom. The van der Waals surface area contributed by atoms with E-state index >= 15 is 0 Å². The Kier molecular flexibility index (Phi) is 5.06. The van der Waals surface area contributed by atoms with E-state index in [-0.39, 0.29) is 0 Å². The van der Waals surface area contributed by atoms with Gasteiger partial charge in [0.15, 0.2) is 0 Å². The van der Waals surface area contributed by atoms with Gasteiger partial charge in [0.2, 0.25) is 0 Å². The molecule has 1 fully saturated rings. The molecule has 0 amide bonds. The zero-order valence-electron chi connectivity index (χ0n) is 13.0. The van der Waals surface area contributed by atoms with E-state index in [9.17, 15) is 5.11 Å². The smallest absolute Gasteiger partial charge is 0.119 e. The summed E-state index contributed by atoms with van der Waals surface area (Å²) in [6.45, 7) is 9.75. The number of benzene rings is 1. The van der Waals surface area contributed by atoms with Crippen LogP contribution in [0.5, 0.6) is 5.75 Å². The number of ether oxygens (including phenoxy) is 1. The minimum atomic E-state index is -0.507. The number of β-amino-alcohol motifs (C(OH)–C–C–N with tert-alkyl or cyclic N) is 1. The molecule has 1 atom stereocenters. The molecule has 1 aliphatic heterocycles. The van der Waals surface area contributed by atoms with Crippen LogP contribution in [0.2, 0.25) is 0 Å². The fraction of sp³-hybridized carbons (Fsp3) is 0.647. The number of aryl methyl sites for hydroxylation is 2. The molecular weight excluding hydrogens is 250 g/mol. The summed E-state index contributed by atoms with van der Waals surface area (Å²) in [7, 11) is 0. The molecule has 1 aromatic carbocycles. The average molecular weight is 277 g/mol. The molecule has 1 aliphatic rings. The maximum absolute atomic E-state index is 10.1. The largest absolute Gasteiger partial charge is 0.494 e. The number of hydrogen-bond acceptors (Lipinski definition) is 3. The second kappa shape index (κ2) is 6.59. The molecule has 20 heavy (non-hydrogen) atoms. The van der Waals surface area contributed by atoms with Crippen LogP contribution in [-0.4, -0.2) is 41.8 Å². The van der Waals surface area contributed by atoms with E-state index in [0.717, 1.165) is 51.3 Å². The summed E-state index contributed by atoms with van der Waals surface area (Å²) in [5.74, 6) is 0.966. The molecule has 3 heteroatoms. The van der Waals surface area contributed by atoms with Crippen LogP contribution in [0.25, 0.3) is 0 Å². The summed E-state index contributed by atoms with van der Waals surface area (Å²) in [5.41, 5.74) is 1.98. The van der Waals surface area contributed by atoms with Crippen molar-refractivity contribution >= 4 is 0 Å². The molecule has 112 valence electrons. The van der Waals surface area contributed by atoms with Crippen LogP contribution in [0.15, 0.2) is 18.2 Å². The van der Waals surface area contributed by atoms with Crippen LogP contribution in [0.4, 0.5) is 0 Å². The SMILES string of the molecule is Cc1cc(C)cc(OCCCN2CCCC(C)(O)C2)c1. The Balaban J connectivity index is 1.71. The van der Waals surface area contributed by atoms with E-state index in [4.69, 9.17) is 4.74 Å². The highest BCUT2D eigenvalue weighted by molar-refractivity contribution is 5.32. The fourth-order valence-corrected chi connectivity index (χ4v) is 3.01. The van der Waals surface area contributed by atoms with Crippen LogP contribution in [-0.2, 0) is 0 Å². The van der Waals surface area contributed by atoms with Crippen molar-refractivity contribution in [2.24, 2.45) is 0 Å². The fourth-order valence-electron chi connectivity index (χ4n) is 3.01. The van der Waals surface area contributed by atoms with Crippen LogP contribution in [0.3, 0.4) is 0 Å². The summed E-state index contributed by atoms with van der Waals surface area (Å²) in [6.07, 6.45) is 3.01. The van der Waals surface area contributed by atoms with Crippen molar-refractivity contribution in [3.8, 4) is 5.75 Å². The van der Waals surface area contributed by atoms with Crippen molar-refractivity contribution in [3.63, 3.8) is 0 Å². The number of hydrogen-bond donors (Lipinski definition) is 1. The zero-order chi connectivity index (χ0) is 14.6. The number of likely N-dealkylation sites (tertiary alicyclic amines) is 1. The van der Waals surface area contributed by atoms with E-state index < -0.39 is 5.60 Å². The minimum Gasteiger partial charge on any atom is -0.494 e. The number of rotatable bonds is 5. The Bertz CT molecular complexity index is 422. The van der Waals surface area contributed by atoms with Crippen molar-refractivity contribution in [2.75, 3.05) is 26.2 Å². The Labute approximate surface area is 122 Å². The lowest BCUT2D eigenvalue weighted by Crippen LogP contribution is -2.46. The van der Waals surface area contributed by atoms with Crippen molar-refractivity contribution in [1.29, 1.82) is 0 Å². The molecule has 0 aliphatic carbocycles. The molecule has 0 radical (unpaired) electrons. The van der Waals surface area contributed by atoms with Crippen molar-refractivity contribution in [1.82, 2.24) is 4.90 Å². The molecule has 1 aromatic rings. The third kappa shape index (κ3) is 4.80. The average Bonchev–Trinajstić information content (AvgIpc) is 2.32. The lowest BCUT2D eigenvalue weighted by atomic mass is 9.95. The highest BCUT2D eigenvalue weighted by Crippen LogP contribution is 2.20. The first-order valence-corrected chi connectivity index (χ1v) is 7.60.